The van der Waals surface area contributed by atoms with Crippen molar-refractivity contribution in [2.75, 3.05) is 32.8 Å². The molecular formula is C28H31N3O2. The van der Waals surface area contributed by atoms with Gasteiger partial charge in [0.25, 0.3) is 5.91 Å². The molecule has 1 amide bonds. The van der Waals surface area contributed by atoms with Crippen molar-refractivity contribution in [3.63, 3.8) is 0 Å². The highest BCUT2D eigenvalue weighted by Gasteiger charge is 2.22. The number of para-hydroxylation sites is 1. The van der Waals surface area contributed by atoms with Crippen molar-refractivity contribution in [2.24, 2.45) is 0 Å². The van der Waals surface area contributed by atoms with Crippen molar-refractivity contribution >= 4 is 27.7 Å². The number of nitrogens with zero attached hydrogens (tertiary/aromatic N) is 3. The van der Waals surface area contributed by atoms with Crippen LogP contribution < -0.4 is 4.74 Å². The van der Waals surface area contributed by atoms with Gasteiger partial charge in [0.15, 0.2) is 6.61 Å². The Labute approximate surface area is 195 Å². The molecule has 1 fully saturated rings. The minimum atomic E-state index is 0.0601. The maximum absolute atomic E-state index is 12.6. The summed E-state index contributed by atoms with van der Waals surface area (Å²) in [7, 11) is 0. The van der Waals surface area contributed by atoms with Crippen LogP contribution in [0.25, 0.3) is 21.8 Å². The lowest BCUT2D eigenvalue weighted by molar-refractivity contribution is -0.135. The number of carbonyl (C=O) groups is 1. The third-order valence-corrected chi connectivity index (χ3v) is 6.64. The Kier molecular flexibility index (Phi) is 6.05. The zero-order valence-corrected chi connectivity index (χ0v) is 19.5. The van der Waals surface area contributed by atoms with Gasteiger partial charge in [-0.15, -0.1) is 0 Å². The number of carbonyl (C=O) groups excluding carboxylic acids is 1. The Hall–Kier alpha value is -3.31. The van der Waals surface area contributed by atoms with Crippen LogP contribution >= 0.6 is 0 Å². The van der Waals surface area contributed by atoms with E-state index in [4.69, 9.17) is 4.74 Å². The first-order valence-corrected chi connectivity index (χ1v) is 11.8. The molecule has 5 heteroatoms. The summed E-state index contributed by atoms with van der Waals surface area (Å²) in [5, 5.41) is 2.65. The summed E-state index contributed by atoms with van der Waals surface area (Å²) in [6, 6.07) is 23.3. The standard InChI is InChI=1S/C28H31N3O2/c1-3-31-26-10-5-4-9-24(26)25-18-22(11-12-27(25)31)19-29-13-15-30(16-14-29)28(32)20-33-23-8-6-7-21(2)17-23/h4-12,17-18H,3,13-16,19-20H2,1-2H3. The number of hydrogen-bond donors (Lipinski definition) is 0. The largest absolute Gasteiger partial charge is 0.484 e. The molecule has 0 aliphatic carbocycles. The van der Waals surface area contributed by atoms with E-state index >= 15 is 0 Å². The van der Waals surface area contributed by atoms with Crippen LogP contribution in [0.3, 0.4) is 0 Å². The first-order valence-electron chi connectivity index (χ1n) is 11.8. The van der Waals surface area contributed by atoms with Gasteiger partial charge in [0.05, 0.1) is 0 Å². The van der Waals surface area contributed by atoms with Gasteiger partial charge in [0.2, 0.25) is 0 Å². The summed E-state index contributed by atoms with van der Waals surface area (Å²) in [5.74, 6) is 0.812. The van der Waals surface area contributed by atoms with Crippen LogP contribution in [0.2, 0.25) is 0 Å². The van der Waals surface area contributed by atoms with Crippen molar-refractivity contribution < 1.29 is 9.53 Å². The fraction of sp³-hybridized carbons (Fsp3) is 0.321. The number of benzene rings is 3. The zero-order chi connectivity index (χ0) is 22.8. The van der Waals surface area contributed by atoms with Gasteiger partial charge in [-0.1, -0.05) is 36.4 Å². The number of aryl methyl sites for hydroxylation is 2. The molecule has 2 heterocycles. The number of fused-ring (bicyclic) bond motifs is 3. The molecule has 170 valence electrons. The molecule has 0 atom stereocenters. The van der Waals surface area contributed by atoms with E-state index in [9.17, 15) is 4.79 Å². The molecule has 5 nitrogen and oxygen atoms in total. The van der Waals surface area contributed by atoms with Gasteiger partial charge in [0.1, 0.15) is 5.75 Å². The topological polar surface area (TPSA) is 37.7 Å². The molecule has 0 saturated carbocycles. The first-order chi connectivity index (χ1) is 16.1. The Morgan fingerprint density at radius 3 is 2.45 bits per heavy atom. The predicted octanol–water partition coefficient (Wildman–Crippen LogP) is 4.85. The van der Waals surface area contributed by atoms with Crippen LogP contribution in [0.4, 0.5) is 0 Å². The quantitative estimate of drug-likeness (QED) is 0.429. The van der Waals surface area contributed by atoms with Crippen molar-refractivity contribution in [3.05, 3.63) is 77.9 Å². The maximum atomic E-state index is 12.6. The molecule has 1 aliphatic rings. The summed E-state index contributed by atoms with van der Waals surface area (Å²) in [4.78, 5) is 17.0. The van der Waals surface area contributed by atoms with E-state index in [-0.39, 0.29) is 12.5 Å². The lowest BCUT2D eigenvalue weighted by Gasteiger charge is -2.34. The Bertz CT molecular complexity index is 1290. The molecule has 0 spiro atoms. The van der Waals surface area contributed by atoms with Crippen molar-refractivity contribution in [3.8, 4) is 5.75 Å². The van der Waals surface area contributed by atoms with E-state index in [1.165, 1.54) is 27.4 Å². The molecule has 1 aliphatic heterocycles. The fourth-order valence-electron chi connectivity index (χ4n) is 4.89. The molecule has 1 aromatic heterocycles. The number of rotatable bonds is 6. The molecule has 0 bridgehead atoms. The molecular weight excluding hydrogens is 410 g/mol. The zero-order valence-electron chi connectivity index (χ0n) is 19.5. The summed E-state index contributed by atoms with van der Waals surface area (Å²) < 4.78 is 8.09. The molecule has 3 aromatic carbocycles. The minimum absolute atomic E-state index is 0.0601. The van der Waals surface area contributed by atoms with Crippen LogP contribution in [-0.4, -0.2) is 53.1 Å². The molecule has 4 aromatic rings. The lowest BCUT2D eigenvalue weighted by Crippen LogP contribution is -2.49. The van der Waals surface area contributed by atoms with Crippen LogP contribution in [0, 0.1) is 6.92 Å². The predicted molar refractivity (Wildman–Crippen MR) is 134 cm³/mol. The third-order valence-electron chi connectivity index (χ3n) is 6.64. The maximum Gasteiger partial charge on any atom is 0.260 e. The first kappa shape index (κ1) is 21.5. The molecule has 1 saturated heterocycles. The van der Waals surface area contributed by atoms with Gasteiger partial charge in [-0.3, -0.25) is 9.69 Å². The number of aromatic nitrogens is 1. The summed E-state index contributed by atoms with van der Waals surface area (Å²) >= 11 is 0. The van der Waals surface area contributed by atoms with Crippen molar-refractivity contribution in [1.82, 2.24) is 14.4 Å². The van der Waals surface area contributed by atoms with E-state index < -0.39 is 0 Å². The molecule has 0 unspecified atom stereocenters. The number of ether oxygens (including phenoxy) is 1. The SMILES string of the molecule is CCn1c2ccccc2c2cc(CN3CCN(C(=O)COc4cccc(C)c4)CC3)ccc21. The van der Waals surface area contributed by atoms with Gasteiger partial charge in [0, 0.05) is 61.1 Å². The second-order valence-electron chi connectivity index (χ2n) is 8.88. The molecule has 0 radical (unpaired) electrons. The van der Waals surface area contributed by atoms with Gasteiger partial charge in [-0.25, -0.2) is 0 Å². The monoisotopic (exact) mass is 441 g/mol. The normalized spacial score (nSPS) is 14.8. The Morgan fingerprint density at radius 2 is 1.67 bits per heavy atom. The summed E-state index contributed by atoms with van der Waals surface area (Å²) in [5.41, 5.74) is 5.05. The molecule has 33 heavy (non-hydrogen) atoms. The average molecular weight is 442 g/mol. The highest BCUT2D eigenvalue weighted by molar-refractivity contribution is 6.08. The second kappa shape index (κ2) is 9.28. The molecule has 5 rings (SSSR count). The lowest BCUT2D eigenvalue weighted by atomic mass is 10.1. The van der Waals surface area contributed by atoms with Crippen LogP contribution in [0.15, 0.2) is 66.7 Å². The van der Waals surface area contributed by atoms with Gasteiger partial charge < -0.3 is 14.2 Å². The average Bonchev–Trinajstić information content (AvgIpc) is 3.16. The number of hydrogen-bond acceptors (Lipinski definition) is 3. The molecule has 0 N–H and O–H groups in total. The van der Waals surface area contributed by atoms with Gasteiger partial charge in [-0.05, 0) is 55.3 Å². The van der Waals surface area contributed by atoms with E-state index in [1.54, 1.807) is 0 Å². The van der Waals surface area contributed by atoms with Crippen LogP contribution in [-0.2, 0) is 17.9 Å². The fourth-order valence-corrected chi connectivity index (χ4v) is 4.89. The van der Waals surface area contributed by atoms with Crippen molar-refractivity contribution in [2.45, 2.75) is 26.9 Å². The van der Waals surface area contributed by atoms with Crippen LogP contribution in [0.5, 0.6) is 5.75 Å². The highest BCUT2D eigenvalue weighted by Crippen LogP contribution is 2.30. The Morgan fingerprint density at radius 1 is 0.879 bits per heavy atom. The van der Waals surface area contributed by atoms with E-state index in [0.29, 0.717) is 0 Å². The number of piperazine rings is 1. The summed E-state index contributed by atoms with van der Waals surface area (Å²) in [6.07, 6.45) is 0. The minimum Gasteiger partial charge on any atom is -0.484 e. The Balaban J connectivity index is 1.20. The van der Waals surface area contributed by atoms with Crippen LogP contribution in [0.1, 0.15) is 18.1 Å². The third kappa shape index (κ3) is 4.46. The van der Waals surface area contributed by atoms with Gasteiger partial charge in [-0.2, -0.15) is 0 Å². The highest BCUT2D eigenvalue weighted by atomic mass is 16.5. The number of amides is 1. The van der Waals surface area contributed by atoms with Crippen molar-refractivity contribution in [1.29, 1.82) is 0 Å². The van der Waals surface area contributed by atoms with E-state index in [1.807, 2.05) is 36.1 Å². The smallest absolute Gasteiger partial charge is 0.260 e. The van der Waals surface area contributed by atoms with E-state index in [0.717, 1.165) is 50.6 Å². The van der Waals surface area contributed by atoms with E-state index in [2.05, 4.69) is 58.9 Å². The second-order valence-corrected chi connectivity index (χ2v) is 8.88. The van der Waals surface area contributed by atoms with Gasteiger partial charge >= 0.3 is 0 Å². The summed E-state index contributed by atoms with van der Waals surface area (Å²) in [6.45, 7) is 9.44.